The molecule has 2 aromatic rings. The van der Waals surface area contributed by atoms with Crippen LogP contribution in [0.3, 0.4) is 0 Å². The molecule has 0 saturated carbocycles. The number of rotatable bonds is 4. The van der Waals surface area contributed by atoms with Gasteiger partial charge in [0.1, 0.15) is 17.3 Å². The van der Waals surface area contributed by atoms with Crippen LogP contribution in [0.2, 0.25) is 0 Å². The van der Waals surface area contributed by atoms with Crippen molar-refractivity contribution in [3.8, 4) is 0 Å². The molecule has 0 aromatic carbocycles. The Morgan fingerprint density at radius 3 is 2.25 bits per heavy atom. The number of pyridine rings is 1. The van der Waals surface area contributed by atoms with Gasteiger partial charge in [0.05, 0.1) is 12.4 Å². The van der Waals surface area contributed by atoms with Crippen LogP contribution in [-0.4, -0.2) is 53.1 Å². The highest BCUT2D eigenvalue weighted by Gasteiger charge is 2.19. The van der Waals surface area contributed by atoms with Crippen LogP contribution in [-0.2, 0) is 0 Å². The van der Waals surface area contributed by atoms with Crippen LogP contribution in [0.5, 0.6) is 0 Å². The van der Waals surface area contributed by atoms with Crippen LogP contribution in [0, 0.1) is 0 Å². The van der Waals surface area contributed by atoms with Crippen LogP contribution >= 0.6 is 0 Å². The third kappa shape index (κ3) is 3.79. The lowest BCUT2D eigenvalue weighted by molar-refractivity contribution is 0.0937. The zero-order valence-electron chi connectivity index (χ0n) is 14.0. The summed E-state index contributed by atoms with van der Waals surface area (Å²) in [7, 11) is 0. The number of nitrogens with one attached hydrogen (secondary N) is 1. The molecule has 1 amide bonds. The highest BCUT2D eigenvalue weighted by atomic mass is 16.1. The standard InChI is InChI=1S/C17H22N6O/c1-13(2)21-17(24)14-11-20-16(12-19-14)23-9-7-22(8-10-23)15-5-3-4-6-18-15/h3-6,11-13H,7-10H2,1-2H3,(H,21,24). The molecule has 3 rings (SSSR count). The third-order valence-electron chi connectivity index (χ3n) is 3.87. The second-order valence-electron chi connectivity index (χ2n) is 6.05. The summed E-state index contributed by atoms with van der Waals surface area (Å²) < 4.78 is 0. The first-order valence-electron chi connectivity index (χ1n) is 8.17. The number of piperazine rings is 1. The number of aromatic nitrogens is 3. The number of carbonyl (C=O) groups is 1. The van der Waals surface area contributed by atoms with Crippen molar-refractivity contribution in [3.05, 3.63) is 42.5 Å². The topological polar surface area (TPSA) is 74.2 Å². The molecule has 0 aliphatic carbocycles. The fourth-order valence-electron chi connectivity index (χ4n) is 2.64. The lowest BCUT2D eigenvalue weighted by Crippen LogP contribution is -2.47. The molecular formula is C17H22N6O. The zero-order chi connectivity index (χ0) is 16.9. The maximum Gasteiger partial charge on any atom is 0.271 e. The molecule has 24 heavy (non-hydrogen) atoms. The first kappa shape index (κ1) is 16.2. The van der Waals surface area contributed by atoms with Crippen molar-refractivity contribution in [2.75, 3.05) is 36.0 Å². The van der Waals surface area contributed by atoms with Gasteiger partial charge in [0.25, 0.3) is 5.91 Å². The van der Waals surface area contributed by atoms with E-state index in [1.807, 2.05) is 38.2 Å². The van der Waals surface area contributed by atoms with Gasteiger partial charge in [-0.25, -0.2) is 15.0 Å². The zero-order valence-corrected chi connectivity index (χ0v) is 14.0. The van der Waals surface area contributed by atoms with Crippen molar-refractivity contribution < 1.29 is 4.79 Å². The van der Waals surface area contributed by atoms with E-state index in [0.717, 1.165) is 37.8 Å². The highest BCUT2D eigenvalue weighted by molar-refractivity contribution is 5.92. The summed E-state index contributed by atoms with van der Waals surface area (Å²) in [6.07, 6.45) is 5.03. The van der Waals surface area contributed by atoms with Gasteiger partial charge in [-0.3, -0.25) is 4.79 Å². The number of nitrogens with zero attached hydrogens (tertiary/aromatic N) is 5. The van der Waals surface area contributed by atoms with Gasteiger partial charge in [-0.05, 0) is 26.0 Å². The van der Waals surface area contributed by atoms with Crippen molar-refractivity contribution in [2.45, 2.75) is 19.9 Å². The van der Waals surface area contributed by atoms with Gasteiger partial charge < -0.3 is 15.1 Å². The lowest BCUT2D eigenvalue weighted by atomic mass is 10.3. The molecule has 0 atom stereocenters. The van der Waals surface area contributed by atoms with Crippen LogP contribution in [0.4, 0.5) is 11.6 Å². The smallest absolute Gasteiger partial charge is 0.271 e. The van der Waals surface area contributed by atoms with E-state index in [9.17, 15) is 4.79 Å². The second-order valence-corrected chi connectivity index (χ2v) is 6.05. The lowest BCUT2D eigenvalue weighted by Gasteiger charge is -2.35. The van der Waals surface area contributed by atoms with E-state index in [-0.39, 0.29) is 11.9 Å². The molecule has 1 fully saturated rings. The number of amides is 1. The van der Waals surface area contributed by atoms with E-state index in [4.69, 9.17) is 0 Å². The molecule has 0 radical (unpaired) electrons. The molecule has 7 heteroatoms. The summed E-state index contributed by atoms with van der Waals surface area (Å²) >= 11 is 0. The minimum atomic E-state index is -0.191. The van der Waals surface area contributed by atoms with E-state index < -0.39 is 0 Å². The predicted octanol–water partition coefficient (Wildman–Crippen LogP) is 1.34. The highest BCUT2D eigenvalue weighted by Crippen LogP contribution is 2.16. The van der Waals surface area contributed by atoms with Gasteiger partial charge in [-0.1, -0.05) is 6.07 Å². The fourth-order valence-corrected chi connectivity index (χ4v) is 2.64. The van der Waals surface area contributed by atoms with Gasteiger partial charge >= 0.3 is 0 Å². The first-order valence-corrected chi connectivity index (χ1v) is 8.17. The minimum absolute atomic E-state index is 0.0821. The monoisotopic (exact) mass is 326 g/mol. The quantitative estimate of drug-likeness (QED) is 0.914. The summed E-state index contributed by atoms with van der Waals surface area (Å²) in [5, 5.41) is 2.81. The SMILES string of the molecule is CC(C)NC(=O)c1cnc(N2CCN(c3ccccn3)CC2)cn1. The normalized spacial score (nSPS) is 14.8. The number of hydrogen-bond donors (Lipinski definition) is 1. The Balaban J connectivity index is 1.59. The molecular weight excluding hydrogens is 304 g/mol. The maximum absolute atomic E-state index is 11.9. The van der Waals surface area contributed by atoms with Crippen molar-refractivity contribution in [2.24, 2.45) is 0 Å². The van der Waals surface area contributed by atoms with Crippen LogP contribution < -0.4 is 15.1 Å². The molecule has 0 spiro atoms. The Hall–Kier alpha value is -2.70. The van der Waals surface area contributed by atoms with E-state index in [2.05, 4.69) is 30.1 Å². The average Bonchev–Trinajstić information content (AvgIpc) is 2.62. The van der Waals surface area contributed by atoms with E-state index in [1.165, 1.54) is 6.20 Å². The van der Waals surface area contributed by atoms with Crippen molar-refractivity contribution in [3.63, 3.8) is 0 Å². The Morgan fingerprint density at radius 2 is 1.71 bits per heavy atom. The van der Waals surface area contributed by atoms with Crippen LogP contribution in [0.25, 0.3) is 0 Å². The summed E-state index contributed by atoms with van der Waals surface area (Å²) in [6.45, 7) is 7.30. The summed E-state index contributed by atoms with van der Waals surface area (Å²) in [5.74, 6) is 1.62. The van der Waals surface area contributed by atoms with Gasteiger partial charge in [0, 0.05) is 38.4 Å². The second kappa shape index (κ2) is 7.25. The average molecular weight is 326 g/mol. The summed E-state index contributed by atoms with van der Waals surface area (Å²) in [4.78, 5) is 29.4. The molecule has 1 N–H and O–H groups in total. The van der Waals surface area contributed by atoms with Crippen molar-refractivity contribution >= 4 is 17.5 Å². The van der Waals surface area contributed by atoms with E-state index in [1.54, 1.807) is 6.20 Å². The molecule has 7 nitrogen and oxygen atoms in total. The predicted molar refractivity (Wildman–Crippen MR) is 93.3 cm³/mol. The number of carbonyl (C=O) groups excluding carboxylic acids is 1. The van der Waals surface area contributed by atoms with Gasteiger partial charge in [0.2, 0.25) is 0 Å². The van der Waals surface area contributed by atoms with Gasteiger partial charge in [-0.2, -0.15) is 0 Å². The molecule has 0 bridgehead atoms. The number of anilines is 2. The molecule has 1 aliphatic rings. The first-order chi connectivity index (χ1) is 11.6. The summed E-state index contributed by atoms with van der Waals surface area (Å²) in [5.41, 5.74) is 0.347. The molecule has 1 saturated heterocycles. The Morgan fingerprint density at radius 1 is 1.00 bits per heavy atom. The Bertz CT molecular complexity index is 665. The van der Waals surface area contributed by atoms with Crippen molar-refractivity contribution in [1.82, 2.24) is 20.3 Å². The molecule has 3 heterocycles. The van der Waals surface area contributed by atoms with Crippen LogP contribution in [0.15, 0.2) is 36.8 Å². The third-order valence-corrected chi connectivity index (χ3v) is 3.87. The van der Waals surface area contributed by atoms with Crippen LogP contribution in [0.1, 0.15) is 24.3 Å². The van der Waals surface area contributed by atoms with Gasteiger partial charge in [0.15, 0.2) is 0 Å². The summed E-state index contributed by atoms with van der Waals surface area (Å²) in [6, 6.07) is 6.03. The minimum Gasteiger partial charge on any atom is -0.353 e. The molecule has 2 aromatic heterocycles. The number of hydrogen-bond acceptors (Lipinski definition) is 6. The maximum atomic E-state index is 11.9. The van der Waals surface area contributed by atoms with Crippen molar-refractivity contribution in [1.29, 1.82) is 0 Å². The largest absolute Gasteiger partial charge is 0.353 e. The molecule has 1 aliphatic heterocycles. The molecule has 0 unspecified atom stereocenters. The fraction of sp³-hybridized carbons (Fsp3) is 0.412. The van der Waals surface area contributed by atoms with E-state index >= 15 is 0 Å². The molecule has 126 valence electrons. The van der Waals surface area contributed by atoms with E-state index in [0.29, 0.717) is 5.69 Å². The van der Waals surface area contributed by atoms with Gasteiger partial charge in [-0.15, -0.1) is 0 Å². The Labute approximate surface area is 141 Å². The Kier molecular flexibility index (Phi) is 4.88.